The van der Waals surface area contributed by atoms with Crippen LogP contribution in [0.2, 0.25) is 0 Å². The van der Waals surface area contributed by atoms with Crippen molar-refractivity contribution in [1.82, 2.24) is 4.90 Å². The molecule has 0 bridgehead atoms. The van der Waals surface area contributed by atoms with Crippen LogP contribution < -0.4 is 0 Å². The minimum atomic E-state index is 0. The summed E-state index contributed by atoms with van der Waals surface area (Å²) in [4.78, 5) is 2.40. The molecule has 0 saturated carbocycles. The summed E-state index contributed by atoms with van der Waals surface area (Å²) >= 11 is 0. The van der Waals surface area contributed by atoms with Gasteiger partial charge in [-0.25, -0.2) is 11.6 Å². The molecule has 0 N–H and O–H groups in total. The molecule has 0 fully saturated rings. The molecule has 0 heterocycles. The van der Waals surface area contributed by atoms with Gasteiger partial charge in [0, 0.05) is 21.7 Å². The van der Waals surface area contributed by atoms with E-state index in [0.29, 0.717) is 0 Å². The second-order valence-electron chi connectivity index (χ2n) is 2.77. The van der Waals surface area contributed by atoms with Crippen molar-refractivity contribution in [3.05, 3.63) is 23.8 Å². The van der Waals surface area contributed by atoms with Gasteiger partial charge in [0.05, 0.1) is 0 Å². The standard InChI is InChI=1S/C10H16N.3ClH.Ti/c1-3-11(4-2)9-10-7-5-6-8-10;;;;/h5,7H,3-4,6,9H2,1-2H3;3*1H;/q-1;;;;. The number of halogens is 3. The van der Waals surface area contributed by atoms with E-state index in [4.69, 9.17) is 0 Å². The van der Waals surface area contributed by atoms with E-state index in [9.17, 15) is 0 Å². The van der Waals surface area contributed by atoms with Gasteiger partial charge >= 0.3 is 0 Å². The van der Waals surface area contributed by atoms with Crippen LogP contribution in [0.5, 0.6) is 0 Å². The van der Waals surface area contributed by atoms with Crippen molar-refractivity contribution in [3.8, 4) is 0 Å². The molecule has 0 spiro atoms. The first-order chi connectivity index (χ1) is 5.36. The number of hydrogen-bond donors (Lipinski definition) is 0. The fourth-order valence-electron chi connectivity index (χ4n) is 1.25. The van der Waals surface area contributed by atoms with Crippen molar-refractivity contribution in [3.63, 3.8) is 0 Å². The van der Waals surface area contributed by atoms with Crippen molar-refractivity contribution < 1.29 is 21.7 Å². The second-order valence-corrected chi connectivity index (χ2v) is 2.77. The SMILES string of the molecule is CCN(CC)CC1=[C-]CC=C1.Cl.Cl.Cl.[Ti]. The van der Waals surface area contributed by atoms with Gasteiger partial charge in [-0.3, -0.25) is 6.08 Å². The molecule has 0 aromatic heterocycles. The van der Waals surface area contributed by atoms with Crippen LogP contribution in [0.15, 0.2) is 17.7 Å². The van der Waals surface area contributed by atoms with Crippen LogP contribution in [0, 0.1) is 6.08 Å². The Balaban J connectivity index is -0.000000151. The van der Waals surface area contributed by atoms with Crippen molar-refractivity contribution in [2.75, 3.05) is 19.6 Å². The second kappa shape index (κ2) is 15.0. The van der Waals surface area contributed by atoms with E-state index in [1.807, 2.05) is 0 Å². The predicted molar refractivity (Wildman–Crippen MR) is 70.0 cm³/mol. The summed E-state index contributed by atoms with van der Waals surface area (Å²) in [5.74, 6) is 0. The largest absolute Gasteiger partial charge is 0.303 e. The Morgan fingerprint density at radius 2 is 1.73 bits per heavy atom. The first-order valence-corrected chi connectivity index (χ1v) is 4.35. The zero-order valence-electron chi connectivity index (χ0n) is 9.16. The number of likely N-dealkylation sites (N-methyl/N-ethyl adjacent to an activating group) is 1. The first-order valence-electron chi connectivity index (χ1n) is 4.35. The smallest absolute Gasteiger partial charge is 0 e. The predicted octanol–water partition coefficient (Wildman–Crippen LogP) is 3.28. The number of allylic oxidation sites excluding steroid dienone is 2. The van der Waals surface area contributed by atoms with Crippen LogP contribution >= 0.6 is 37.2 Å². The van der Waals surface area contributed by atoms with Gasteiger partial charge in [0.25, 0.3) is 0 Å². The first kappa shape index (κ1) is 25.0. The van der Waals surface area contributed by atoms with E-state index in [0.717, 1.165) is 26.1 Å². The zero-order valence-corrected chi connectivity index (χ0v) is 13.2. The molecule has 0 aliphatic heterocycles. The van der Waals surface area contributed by atoms with Crippen LogP contribution in [0.3, 0.4) is 0 Å². The Hall–Kier alpha value is 1.02. The van der Waals surface area contributed by atoms with E-state index in [1.165, 1.54) is 5.57 Å². The summed E-state index contributed by atoms with van der Waals surface area (Å²) in [6.07, 6.45) is 8.67. The fraction of sp³-hybridized carbons (Fsp3) is 0.600. The van der Waals surface area contributed by atoms with Gasteiger partial charge < -0.3 is 4.90 Å². The van der Waals surface area contributed by atoms with Crippen LogP contribution in [-0.2, 0) is 21.7 Å². The molecule has 1 rings (SSSR count). The normalized spacial score (nSPS) is 11.8. The maximum absolute atomic E-state index is 3.32. The van der Waals surface area contributed by atoms with Gasteiger partial charge in [0.2, 0.25) is 0 Å². The molecule has 1 aliphatic carbocycles. The maximum Gasteiger partial charge on any atom is 0 e. The van der Waals surface area contributed by atoms with E-state index in [2.05, 4.69) is 37.0 Å². The molecule has 0 radical (unpaired) electrons. The third kappa shape index (κ3) is 9.93. The maximum atomic E-state index is 3.32. The van der Waals surface area contributed by atoms with Crippen LogP contribution in [0.25, 0.3) is 0 Å². The molecule has 0 atom stereocenters. The Kier molecular flexibility index (Phi) is 25.1. The fourth-order valence-corrected chi connectivity index (χ4v) is 1.25. The zero-order chi connectivity index (χ0) is 8.10. The van der Waals surface area contributed by atoms with E-state index < -0.39 is 0 Å². The average Bonchev–Trinajstić information content (AvgIpc) is 2.52. The molecule has 0 aromatic rings. The van der Waals surface area contributed by atoms with Gasteiger partial charge in [-0.15, -0.1) is 43.6 Å². The Bertz CT molecular complexity index is 180. The molecule has 1 aliphatic rings. The van der Waals surface area contributed by atoms with E-state index >= 15 is 0 Å². The van der Waals surface area contributed by atoms with Crippen molar-refractivity contribution in [2.45, 2.75) is 20.3 Å². The van der Waals surface area contributed by atoms with Crippen molar-refractivity contribution in [1.29, 1.82) is 0 Å². The van der Waals surface area contributed by atoms with E-state index in [1.54, 1.807) is 0 Å². The Labute approximate surface area is 127 Å². The number of nitrogens with zero attached hydrogens (tertiary/aromatic N) is 1. The minimum Gasteiger partial charge on any atom is -0.303 e. The van der Waals surface area contributed by atoms with Crippen molar-refractivity contribution >= 4 is 37.2 Å². The molecule has 15 heavy (non-hydrogen) atoms. The summed E-state index contributed by atoms with van der Waals surface area (Å²) < 4.78 is 0. The van der Waals surface area contributed by atoms with Gasteiger partial charge in [-0.1, -0.05) is 13.8 Å². The summed E-state index contributed by atoms with van der Waals surface area (Å²) in [5.41, 5.74) is 1.36. The summed E-state index contributed by atoms with van der Waals surface area (Å²) in [7, 11) is 0. The Morgan fingerprint density at radius 3 is 2.07 bits per heavy atom. The number of hydrogen-bond acceptors (Lipinski definition) is 1. The molecule has 0 unspecified atom stereocenters. The molecule has 0 amide bonds. The van der Waals surface area contributed by atoms with Gasteiger partial charge in [-0.2, -0.15) is 6.08 Å². The molecule has 0 saturated heterocycles. The quantitative estimate of drug-likeness (QED) is 0.569. The average molecular weight is 307 g/mol. The summed E-state index contributed by atoms with van der Waals surface area (Å²) in [6, 6.07) is 0. The third-order valence-corrected chi connectivity index (χ3v) is 2.05. The molecular formula is C10H19Cl3NTi-. The van der Waals surface area contributed by atoms with Crippen LogP contribution in [0.4, 0.5) is 0 Å². The Morgan fingerprint density at radius 1 is 1.20 bits per heavy atom. The molecular weight excluding hydrogens is 288 g/mol. The molecule has 90 valence electrons. The monoisotopic (exact) mass is 306 g/mol. The van der Waals surface area contributed by atoms with Crippen molar-refractivity contribution in [2.24, 2.45) is 0 Å². The van der Waals surface area contributed by atoms with Crippen LogP contribution in [-0.4, -0.2) is 24.5 Å². The minimum absolute atomic E-state index is 0. The number of rotatable bonds is 4. The topological polar surface area (TPSA) is 3.24 Å². The van der Waals surface area contributed by atoms with Gasteiger partial charge in [0.1, 0.15) is 0 Å². The van der Waals surface area contributed by atoms with Gasteiger partial charge in [0.15, 0.2) is 0 Å². The summed E-state index contributed by atoms with van der Waals surface area (Å²) in [6.45, 7) is 7.74. The molecule has 1 nitrogen and oxygen atoms in total. The van der Waals surface area contributed by atoms with Crippen LogP contribution in [0.1, 0.15) is 20.3 Å². The third-order valence-electron chi connectivity index (χ3n) is 2.05. The van der Waals surface area contributed by atoms with Gasteiger partial charge in [-0.05, 0) is 19.6 Å². The molecule has 0 aromatic carbocycles. The summed E-state index contributed by atoms with van der Waals surface area (Å²) in [5, 5.41) is 0. The van der Waals surface area contributed by atoms with E-state index in [-0.39, 0.29) is 58.9 Å². The molecule has 5 heteroatoms.